The van der Waals surface area contributed by atoms with Gasteiger partial charge in [0.15, 0.2) is 11.6 Å². The summed E-state index contributed by atoms with van der Waals surface area (Å²) in [4.78, 5) is 19.7. The molecule has 22 heavy (non-hydrogen) atoms. The number of furan rings is 1. The van der Waals surface area contributed by atoms with Gasteiger partial charge in [0.2, 0.25) is 0 Å². The normalized spacial score (nSPS) is 15.0. The second kappa shape index (κ2) is 6.46. The lowest BCUT2D eigenvalue weighted by Gasteiger charge is -2.35. The second-order valence-corrected chi connectivity index (χ2v) is 5.07. The highest BCUT2D eigenvalue weighted by Crippen LogP contribution is 2.17. The summed E-state index contributed by atoms with van der Waals surface area (Å²) in [7, 11) is 0. The van der Waals surface area contributed by atoms with Crippen molar-refractivity contribution in [3.05, 3.63) is 48.3 Å². The van der Waals surface area contributed by atoms with Crippen molar-refractivity contribution < 1.29 is 13.6 Å². The van der Waals surface area contributed by atoms with Crippen LogP contribution in [0, 0.1) is 5.82 Å². The number of carbonyl (C=O) groups is 1. The lowest BCUT2D eigenvalue weighted by Crippen LogP contribution is -2.52. The van der Waals surface area contributed by atoms with Gasteiger partial charge in [-0.1, -0.05) is 0 Å². The third-order valence-electron chi connectivity index (χ3n) is 3.63. The highest BCUT2D eigenvalue weighted by atomic mass is 19.1. The van der Waals surface area contributed by atoms with E-state index in [1.807, 2.05) is 11.0 Å². The van der Waals surface area contributed by atoms with Crippen molar-refractivity contribution >= 4 is 11.8 Å². The third kappa shape index (κ3) is 3.19. The van der Waals surface area contributed by atoms with Crippen molar-refractivity contribution in [2.24, 2.45) is 0 Å². The molecule has 1 fully saturated rings. The van der Waals surface area contributed by atoms with E-state index >= 15 is 0 Å². The fourth-order valence-electron chi connectivity index (χ4n) is 2.41. The Hall–Kier alpha value is -2.57. The van der Waals surface area contributed by atoms with E-state index in [1.54, 1.807) is 29.7 Å². The summed E-state index contributed by atoms with van der Waals surface area (Å²) in [5, 5.41) is 2.84. The minimum Gasteiger partial charge on any atom is -0.472 e. The highest BCUT2D eigenvalue weighted by Gasteiger charge is 2.23. The van der Waals surface area contributed by atoms with Crippen molar-refractivity contribution in [3.63, 3.8) is 0 Å². The first-order valence-electron chi connectivity index (χ1n) is 7.13. The third-order valence-corrected chi connectivity index (χ3v) is 3.63. The summed E-state index contributed by atoms with van der Waals surface area (Å²) in [5.74, 6) is 0.0151. The van der Waals surface area contributed by atoms with Gasteiger partial charge in [-0.15, -0.1) is 0 Å². The molecule has 0 unspecified atom stereocenters. The monoisotopic (exact) mass is 304 g/mol. The first kappa shape index (κ1) is 14.4. The van der Waals surface area contributed by atoms with E-state index in [-0.39, 0.29) is 11.8 Å². The number of piperazine rings is 1. The Kier molecular flexibility index (Phi) is 4.22. The van der Waals surface area contributed by atoms with Crippen molar-refractivity contribution in [1.82, 2.24) is 15.2 Å². The summed E-state index contributed by atoms with van der Waals surface area (Å²) in [6.07, 6.45) is 4.74. The minimum atomic E-state index is -0.333. The fourth-order valence-corrected chi connectivity index (χ4v) is 2.41. The Balaban J connectivity index is 1.51. The van der Waals surface area contributed by atoms with Gasteiger partial charge >= 0.3 is 6.03 Å². The van der Waals surface area contributed by atoms with Gasteiger partial charge in [-0.25, -0.2) is 14.2 Å². The van der Waals surface area contributed by atoms with Gasteiger partial charge in [0.25, 0.3) is 0 Å². The van der Waals surface area contributed by atoms with Gasteiger partial charge in [0, 0.05) is 44.5 Å². The van der Waals surface area contributed by atoms with Crippen molar-refractivity contribution in [2.45, 2.75) is 6.54 Å². The van der Waals surface area contributed by atoms with E-state index in [9.17, 15) is 9.18 Å². The van der Waals surface area contributed by atoms with E-state index in [4.69, 9.17) is 4.42 Å². The van der Waals surface area contributed by atoms with Crippen LogP contribution in [0.25, 0.3) is 0 Å². The maximum atomic E-state index is 13.7. The Bertz CT molecular complexity index is 624. The summed E-state index contributed by atoms with van der Waals surface area (Å²) < 4.78 is 18.7. The van der Waals surface area contributed by atoms with Crippen molar-refractivity contribution in [2.75, 3.05) is 31.1 Å². The molecule has 0 radical (unpaired) electrons. The lowest BCUT2D eigenvalue weighted by molar-refractivity contribution is 0.193. The quantitative estimate of drug-likeness (QED) is 0.940. The molecule has 1 aliphatic heterocycles. The van der Waals surface area contributed by atoms with E-state index in [0.717, 1.165) is 5.56 Å². The molecule has 0 aliphatic carbocycles. The van der Waals surface area contributed by atoms with Gasteiger partial charge in [-0.05, 0) is 18.2 Å². The van der Waals surface area contributed by atoms with E-state index in [0.29, 0.717) is 38.5 Å². The molecule has 2 aromatic heterocycles. The van der Waals surface area contributed by atoms with Crippen LogP contribution in [0.15, 0.2) is 41.3 Å². The molecule has 2 aromatic rings. The summed E-state index contributed by atoms with van der Waals surface area (Å²) in [6.45, 7) is 2.63. The van der Waals surface area contributed by atoms with Crippen molar-refractivity contribution in [3.8, 4) is 0 Å². The molecule has 3 rings (SSSR count). The molecule has 0 atom stereocenters. The number of pyridine rings is 1. The molecule has 7 heteroatoms. The number of hydrogen-bond acceptors (Lipinski definition) is 4. The minimum absolute atomic E-state index is 0.123. The van der Waals surface area contributed by atoms with Crippen LogP contribution in [0.4, 0.5) is 15.0 Å². The van der Waals surface area contributed by atoms with Crippen LogP contribution in [0.3, 0.4) is 0 Å². The van der Waals surface area contributed by atoms with Gasteiger partial charge < -0.3 is 19.5 Å². The van der Waals surface area contributed by atoms with Crippen LogP contribution in [0.1, 0.15) is 5.56 Å². The number of nitrogens with zero attached hydrogens (tertiary/aromatic N) is 3. The number of urea groups is 1. The maximum Gasteiger partial charge on any atom is 0.317 e. The number of halogens is 1. The predicted molar refractivity (Wildman–Crippen MR) is 78.9 cm³/mol. The largest absolute Gasteiger partial charge is 0.472 e. The van der Waals surface area contributed by atoms with Crippen molar-refractivity contribution in [1.29, 1.82) is 0 Å². The fraction of sp³-hybridized carbons (Fsp3) is 0.333. The zero-order valence-corrected chi connectivity index (χ0v) is 12.0. The topological polar surface area (TPSA) is 61.6 Å². The van der Waals surface area contributed by atoms with Crippen LogP contribution in [-0.4, -0.2) is 42.1 Å². The molecule has 0 saturated carbocycles. The van der Waals surface area contributed by atoms with Gasteiger partial charge in [0.05, 0.1) is 12.5 Å². The van der Waals surface area contributed by atoms with Crippen LogP contribution < -0.4 is 10.2 Å². The smallest absolute Gasteiger partial charge is 0.317 e. The van der Waals surface area contributed by atoms with Crippen LogP contribution in [-0.2, 0) is 6.54 Å². The number of rotatable bonds is 3. The first-order valence-corrected chi connectivity index (χ1v) is 7.13. The van der Waals surface area contributed by atoms with E-state index in [2.05, 4.69) is 10.3 Å². The second-order valence-electron chi connectivity index (χ2n) is 5.07. The average molecular weight is 304 g/mol. The van der Waals surface area contributed by atoms with E-state index < -0.39 is 0 Å². The molecule has 1 N–H and O–H groups in total. The molecule has 1 aliphatic rings. The average Bonchev–Trinajstić information content (AvgIpc) is 3.07. The lowest BCUT2D eigenvalue weighted by atomic mass is 10.3. The molecular formula is C15H17FN4O2. The standard InChI is InChI=1S/C15H17FN4O2/c16-13-2-1-4-17-14(13)19-5-7-20(8-6-19)15(21)18-10-12-3-9-22-11-12/h1-4,9,11H,5-8,10H2,(H,18,21). The van der Waals surface area contributed by atoms with Crippen LogP contribution >= 0.6 is 0 Å². The van der Waals surface area contributed by atoms with Crippen LogP contribution in [0.5, 0.6) is 0 Å². The number of amides is 2. The molecule has 0 aromatic carbocycles. The molecule has 0 spiro atoms. The van der Waals surface area contributed by atoms with E-state index in [1.165, 1.54) is 6.07 Å². The Morgan fingerprint density at radius 1 is 1.32 bits per heavy atom. The Morgan fingerprint density at radius 2 is 2.14 bits per heavy atom. The number of anilines is 1. The number of aromatic nitrogens is 1. The predicted octanol–water partition coefficient (Wildman–Crippen LogP) is 1.85. The number of hydrogen-bond donors (Lipinski definition) is 1. The summed E-state index contributed by atoms with van der Waals surface area (Å²) in [5.41, 5.74) is 0.919. The molecule has 0 bridgehead atoms. The van der Waals surface area contributed by atoms with Gasteiger partial charge in [-0.3, -0.25) is 0 Å². The maximum absolute atomic E-state index is 13.7. The molecule has 6 nitrogen and oxygen atoms in total. The van der Waals surface area contributed by atoms with Gasteiger partial charge in [-0.2, -0.15) is 0 Å². The first-order chi connectivity index (χ1) is 10.7. The zero-order valence-electron chi connectivity index (χ0n) is 12.0. The Labute approximate surface area is 127 Å². The molecule has 3 heterocycles. The summed E-state index contributed by atoms with van der Waals surface area (Å²) in [6, 6.07) is 4.65. The zero-order chi connectivity index (χ0) is 15.4. The molecular weight excluding hydrogens is 287 g/mol. The summed E-state index contributed by atoms with van der Waals surface area (Å²) >= 11 is 0. The highest BCUT2D eigenvalue weighted by molar-refractivity contribution is 5.74. The van der Waals surface area contributed by atoms with Crippen LogP contribution in [0.2, 0.25) is 0 Å². The SMILES string of the molecule is O=C(NCc1ccoc1)N1CCN(c2ncccc2F)CC1. The molecule has 116 valence electrons. The number of carbonyl (C=O) groups excluding carboxylic acids is 1. The number of nitrogens with one attached hydrogen (secondary N) is 1. The van der Waals surface area contributed by atoms with Gasteiger partial charge in [0.1, 0.15) is 0 Å². The Morgan fingerprint density at radius 3 is 2.82 bits per heavy atom. The molecule has 2 amide bonds. The molecule has 1 saturated heterocycles.